The van der Waals surface area contributed by atoms with Crippen LogP contribution in [0.5, 0.6) is 0 Å². The fourth-order valence-electron chi connectivity index (χ4n) is 2.19. The monoisotopic (exact) mass is 258 g/mol. The molecule has 0 unspecified atom stereocenters. The zero-order valence-electron chi connectivity index (χ0n) is 10.2. The molecule has 1 aliphatic rings. The first-order chi connectivity index (χ1) is 9.22. The van der Waals surface area contributed by atoms with E-state index in [1.807, 2.05) is 6.07 Å². The summed E-state index contributed by atoms with van der Waals surface area (Å²) < 4.78 is 0. The topological polar surface area (TPSA) is 89.8 Å². The zero-order valence-corrected chi connectivity index (χ0v) is 10.2. The summed E-state index contributed by atoms with van der Waals surface area (Å²) in [7, 11) is 0. The lowest BCUT2D eigenvalue weighted by atomic mass is 10.1. The molecule has 0 fully saturated rings. The van der Waals surface area contributed by atoms with E-state index in [1.54, 1.807) is 0 Å². The number of aromatic amines is 2. The number of rotatable bonds is 3. The van der Waals surface area contributed by atoms with Gasteiger partial charge in [-0.1, -0.05) is 18.2 Å². The van der Waals surface area contributed by atoms with E-state index < -0.39 is 0 Å². The van der Waals surface area contributed by atoms with Crippen LogP contribution in [0.15, 0.2) is 29.2 Å². The van der Waals surface area contributed by atoms with E-state index in [0.29, 0.717) is 6.54 Å². The molecule has 6 heteroatoms. The number of fused-ring (bicyclic) bond motifs is 1. The highest BCUT2D eigenvalue weighted by Gasteiger charge is 2.11. The zero-order chi connectivity index (χ0) is 13.2. The summed E-state index contributed by atoms with van der Waals surface area (Å²) in [4.78, 5) is 27.5. The number of carbonyl (C=O) groups is 1. The molecule has 0 aliphatic carbocycles. The van der Waals surface area contributed by atoms with Gasteiger partial charge in [-0.05, 0) is 16.7 Å². The molecule has 6 nitrogen and oxygen atoms in total. The SMILES string of the molecule is O=C(NCc1ccc2c(c1)CNC2)c1c[nH]c(=O)[nH]1. The molecule has 0 saturated carbocycles. The lowest BCUT2D eigenvalue weighted by molar-refractivity contribution is 0.0946. The fraction of sp³-hybridized carbons (Fsp3) is 0.231. The largest absolute Gasteiger partial charge is 0.347 e. The van der Waals surface area contributed by atoms with Crippen molar-refractivity contribution in [2.24, 2.45) is 0 Å². The van der Waals surface area contributed by atoms with E-state index in [0.717, 1.165) is 18.7 Å². The van der Waals surface area contributed by atoms with Gasteiger partial charge in [0.15, 0.2) is 0 Å². The molecule has 19 heavy (non-hydrogen) atoms. The minimum absolute atomic E-state index is 0.243. The molecule has 1 aliphatic heterocycles. The maximum atomic E-state index is 11.8. The number of benzene rings is 1. The fourth-order valence-corrected chi connectivity index (χ4v) is 2.19. The van der Waals surface area contributed by atoms with E-state index in [-0.39, 0.29) is 17.3 Å². The maximum Gasteiger partial charge on any atom is 0.323 e. The third-order valence-corrected chi connectivity index (χ3v) is 3.20. The van der Waals surface area contributed by atoms with Gasteiger partial charge >= 0.3 is 5.69 Å². The molecule has 1 aromatic carbocycles. The molecule has 0 radical (unpaired) electrons. The first kappa shape index (κ1) is 11.7. The van der Waals surface area contributed by atoms with Crippen molar-refractivity contribution in [3.8, 4) is 0 Å². The van der Waals surface area contributed by atoms with Crippen molar-refractivity contribution in [3.63, 3.8) is 0 Å². The van der Waals surface area contributed by atoms with Gasteiger partial charge in [-0.2, -0.15) is 0 Å². The van der Waals surface area contributed by atoms with Gasteiger partial charge in [0.05, 0.1) is 0 Å². The van der Waals surface area contributed by atoms with Gasteiger partial charge in [-0.3, -0.25) is 4.79 Å². The number of H-pyrrole nitrogens is 2. The van der Waals surface area contributed by atoms with Gasteiger partial charge in [0, 0.05) is 25.8 Å². The molecular formula is C13H14N4O2. The first-order valence-electron chi connectivity index (χ1n) is 6.09. The van der Waals surface area contributed by atoms with Crippen LogP contribution in [-0.4, -0.2) is 15.9 Å². The van der Waals surface area contributed by atoms with Crippen molar-refractivity contribution >= 4 is 5.91 Å². The molecule has 2 aromatic rings. The second-order valence-corrected chi connectivity index (χ2v) is 4.55. The molecule has 0 spiro atoms. The number of imidazole rings is 1. The van der Waals surface area contributed by atoms with Crippen LogP contribution in [-0.2, 0) is 19.6 Å². The van der Waals surface area contributed by atoms with Crippen molar-refractivity contribution < 1.29 is 4.79 Å². The molecule has 0 atom stereocenters. The predicted molar refractivity (Wildman–Crippen MR) is 69.6 cm³/mol. The summed E-state index contributed by atoms with van der Waals surface area (Å²) in [6.45, 7) is 2.23. The highest BCUT2D eigenvalue weighted by atomic mass is 16.2. The minimum atomic E-state index is -0.381. The van der Waals surface area contributed by atoms with E-state index >= 15 is 0 Å². The number of hydrogen-bond donors (Lipinski definition) is 4. The average Bonchev–Trinajstić information content (AvgIpc) is 3.03. The Morgan fingerprint density at radius 3 is 2.89 bits per heavy atom. The standard InChI is InChI=1S/C13H14N4O2/c18-12(11-7-16-13(19)17-11)15-4-8-1-2-9-5-14-6-10(9)3-8/h1-3,7,14H,4-6H2,(H,15,18)(H2,16,17,19). The third kappa shape index (κ3) is 2.43. The summed E-state index contributed by atoms with van der Waals surface area (Å²) in [6, 6.07) is 6.18. The Kier molecular flexibility index (Phi) is 2.92. The van der Waals surface area contributed by atoms with Gasteiger partial charge in [-0.15, -0.1) is 0 Å². The lowest BCUT2D eigenvalue weighted by Crippen LogP contribution is -2.23. The van der Waals surface area contributed by atoms with Gasteiger partial charge in [-0.25, -0.2) is 4.79 Å². The quantitative estimate of drug-likeness (QED) is 0.635. The number of carbonyl (C=O) groups excluding carboxylic acids is 1. The Balaban J connectivity index is 1.66. The summed E-state index contributed by atoms with van der Waals surface area (Å²) >= 11 is 0. The van der Waals surface area contributed by atoms with Crippen LogP contribution in [0, 0.1) is 0 Å². The van der Waals surface area contributed by atoms with Crippen LogP contribution in [0.4, 0.5) is 0 Å². The summed E-state index contributed by atoms with van der Waals surface area (Å²) in [5.41, 5.74) is 3.50. The number of nitrogens with one attached hydrogen (secondary N) is 4. The number of hydrogen-bond acceptors (Lipinski definition) is 3. The molecule has 0 bridgehead atoms. The Morgan fingerprint density at radius 2 is 2.11 bits per heavy atom. The summed E-state index contributed by atoms with van der Waals surface area (Å²) in [6.07, 6.45) is 1.37. The Hall–Kier alpha value is -2.34. The van der Waals surface area contributed by atoms with Crippen LogP contribution in [0.2, 0.25) is 0 Å². The summed E-state index contributed by atoms with van der Waals surface area (Å²) in [5, 5.41) is 6.05. The highest BCUT2D eigenvalue weighted by Crippen LogP contribution is 2.16. The highest BCUT2D eigenvalue weighted by molar-refractivity contribution is 5.91. The number of amides is 1. The van der Waals surface area contributed by atoms with Gasteiger partial charge in [0.2, 0.25) is 0 Å². The Morgan fingerprint density at radius 1 is 1.26 bits per heavy atom. The van der Waals surface area contributed by atoms with Crippen LogP contribution in [0.25, 0.3) is 0 Å². The summed E-state index contributed by atoms with van der Waals surface area (Å²) in [5.74, 6) is -0.294. The van der Waals surface area contributed by atoms with Crippen LogP contribution >= 0.6 is 0 Å². The van der Waals surface area contributed by atoms with Crippen LogP contribution in [0.1, 0.15) is 27.2 Å². The molecular weight excluding hydrogens is 244 g/mol. The van der Waals surface area contributed by atoms with Crippen molar-refractivity contribution in [3.05, 3.63) is 57.3 Å². The Labute approximate surface area is 109 Å². The molecule has 2 heterocycles. The van der Waals surface area contributed by atoms with E-state index in [2.05, 4.69) is 32.7 Å². The second-order valence-electron chi connectivity index (χ2n) is 4.55. The maximum absolute atomic E-state index is 11.8. The van der Waals surface area contributed by atoms with E-state index in [1.165, 1.54) is 17.3 Å². The van der Waals surface area contributed by atoms with Gasteiger partial charge in [0.25, 0.3) is 5.91 Å². The van der Waals surface area contributed by atoms with Crippen molar-refractivity contribution in [1.82, 2.24) is 20.6 Å². The van der Waals surface area contributed by atoms with Crippen LogP contribution in [0.3, 0.4) is 0 Å². The third-order valence-electron chi connectivity index (χ3n) is 3.20. The van der Waals surface area contributed by atoms with E-state index in [4.69, 9.17) is 0 Å². The average molecular weight is 258 g/mol. The molecule has 1 aromatic heterocycles. The normalized spacial score (nSPS) is 13.3. The Bertz CT molecular complexity index is 671. The van der Waals surface area contributed by atoms with Crippen molar-refractivity contribution in [2.45, 2.75) is 19.6 Å². The first-order valence-corrected chi connectivity index (χ1v) is 6.09. The van der Waals surface area contributed by atoms with E-state index in [9.17, 15) is 9.59 Å². The predicted octanol–water partition coefficient (Wildman–Crippen LogP) is 0.236. The number of aromatic nitrogens is 2. The molecule has 0 saturated heterocycles. The molecule has 1 amide bonds. The lowest BCUT2D eigenvalue weighted by Gasteiger charge is -2.06. The molecule has 3 rings (SSSR count). The van der Waals surface area contributed by atoms with Gasteiger partial charge < -0.3 is 20.6 Å². The molecule has 4 N–H and O–H groups in total. The van der Waals surface area contributed by atoms with Crippen molar-refractivity contribution in [1.29, 1.82) is 0 Å². The van der Waals surface area contributed by atoms with Crippen molar-refractivity contribution in [2.75, 3.05) is 0 Å². The molecule has 98 valence electrons. The smallest absolute Gasteiger partial charge is 0.323 e. The van der Waals surface area contributed by atoms with Crippen LogP contribution < -0.4 is 16.3 Å². The van der Waals surface area contributed by atoms with Gasteiger partial charge in [0.1, 0.15) is 5.69 Å². The minimum Gasteiger partial charge on any atom is -0.347 e. The second kappa shape index (κ2) is 4.74.